The zero-order chi connectivity index (χ0) is 17.3. The maximum absolute atomic E-state index is 12.7. The molecule has 0 radical (unpaired) electrons. The predicted octanol–water partition coefficient (Wildman–Crippen LogP) is 4.16. The number of hydrogen-bond acceptors (Lipinski definition) is 3. The van der Waals surface area contributed by atoms with E-state index in [0.29, 0.717) is 36.2 Å². The van der Waals surface area contributed by atoms with Gasteiger partial charge in [0.15, 0.2) is 0 Å². The molecular weight excluding hydrogens is 391 g/mol. The van der Waals surface area contributed by atoms with Crippen LogP contribution in [0.3, 0.4) is 0 Å². The second-order valence-electron chi connectivity index (χ2n) is 5.39. The smallest absolute Gasteiger partial charge is 0.244 e. The highest BCUT2D eigenvalue weighted by Gasteiger charge is 2.30. The minimum Gasteiger partial charge on any atom is -0.368 e. The summed E-state index contributed by atoms with van der Waals surface area (Å²) in [5, 5.41) is 1.21. The highest BCUT2D eigenvalue weighted by atomic mass is 35.5. The first kappa shape index (κ1) is 17.8. The molecule has 2 aromatic rings. The Morgan fingerprint density at radius 1 is 0.792 bits per heavy atom. The predicted molar refractivity (Wildman–Crippen MR) is 98.9 cm³/mol. The van der Waals surface area contributed by atoms with Gasteiger partial charge in [-0.15, -0.1) is 0 Å². The minimum atomic E-state index is -3.60. The van der Waals surface area contributed by atoms with E-state index in [1.807, 2.05) is 17.0 Å². The van der Waals surface area contributed by atoms with Crippen LogP contribution in [-0.4, -0.2) is 38.9 Å². The van der Waals surface area contributed by atoms with E-state index in [0.717, 1.165) is 5.69 Å². The van der Waals surface area contributed by atoms with Crippen LogP contribution in [0.5, 0.6) is 0 Å². The summed E-state index contributed by atoms with van der Waals surface area (Å²) in [4.78, 5) is 2.17. The summed E-state index contributed by atoms with van der Waals surface area (Å²) < 4.78 is 26.9. The Hall–Kier alpha value is -0.980. The summed E-state index contributed by atoms with van der Waals surface area (Å²) in [7, 11) is -3.60. The van der Waals surface area contributed by atoms with Crippen molar-refractivity contribution in [2.24, 2.45) is 0 Å². The van der Waals surface area contributed by atoms with Crippen molar-refractivity contribution in [1.29, 1.82) is 0 Å². The molecule has 0 saturated carbocycles. The number of rotatable bonds is 3. The van der Waals surface area contributed by atoms with Gasteiger partial charge in [-0.1, -0.05) is 53.0 Å². The molecule has 0 spiro atoms. The molecule has 0 atom stereocenters. The number of benzene rings is 2. The average Bonchev–Trinajstić information content (AvgIpc) is 2.58. The van der Waals surface area contributed by atoms with Crippen LogP contribution >= 0.6 is 34.8 Å². The van der Waals surface area contributed by atoms with E-state index in [2.05, 4.69) is 0 Å². The van der Waals surface area contributed by atoms with Gasteiger partial charge in [0.05, 0.1) is 20.8 Å². The zero-order valence-corrected chi connectivity index (χ0v) is 15.7. The molecule has 1 aliphatic heterocycles. The fourth-order valence-electron chi connectivity index (χ4n) is 2.70. The van der Waals surface area contributed by atoms with E-state index < -0.39 is 10.0 Å². The van der Waals surface area contributed by atoms with Gasteiger partial charge in [-0.05, 0) is 24.3 Å². The molecule has 0 bridgehead atoms. The summed E-state index contributed by atoms with van der Waals surface area (Å²) >= 11 is 18.3. The van der Waals surface area contributed by atoms with E-state index in [-0.39, 0.29) is 9.92 Å². The first-order valence-corrected chi connectivity index (χ1v) is 9.92. The Morgan fingerprint density at radius 2 is 1.42 bits per heavy atom. The Bertz CT molecular complexity index is 850. The maximum Gasteiger partial charge on any atom is 0.244 e. The largest absolute Gasteiger partial charge is 0.368 e. The van der Waals surface area contributed by atoms with Crippen molar-refractivity contribution in [2.75, 3.05) is 31.1 Å². The van der Waals surface area contributed by atoms with Crippen LogP contribution in [0.1, 0.15) is 0 Å². The van der Waals surface area contributed by atoms with Crippen LogP contribution in [0, 0.1) is 0 Å². The molecular formula is C16H15Cl3N2O2S. The average molecular weight is 406 g/mol. The van der Waals surface area contributed by atoms with Gasteiger partial charge in [-0.25, -0.2) is 8.42 Å². The Labute approximate surface area is 156 Å². The van der Waals surface area contributed by atoms with Crippen molar-refractivity contribution in [3.8, 4) is 0 Å². The molecule has 0 amide bonds. The molecule has 0 aromatic heterocycles. The van der Waals surface area contributed by atoms with E-state index in [1.165, 1.54) is 10.4 Å². The van der Waals surface area contributed by atoms with Gasteiger partial charge < -0.3 is 4.90 Å². The van der Waals surface area contributed by atoms with Gasteiger partial charge in [-0.2, -0.15) is 4.31 Å². The molecule has 1 fully saturated rings. The second kappa shape index (κ2) is 7.10. The van der Waals surface area contributed by atoms with Crippen LogP contribution in [-0.2, 0) is 10.0 Å². The molecule has 0 unspecified atom stereocenters. The Morgan fingerprint density at radius 3 is 2.08 bits per heavy atom. The van der Waals surface area contributed by atoms with Gasteiger partial charge in [0.2, 0.25) is 10.0 Å². The van der Waals surface area contributed by atoms with Crippen molar-refractivity contribution >= 4 is 50.5 Å². The number of piperazine rings is 1. The lowest BCUT2D eigenvalue weighted by Gasteiger charge is -2.36. The summed E-state index contributed by atoms with van der Waals surface area (Å²) in [6.45, 7) is 1.78. The number of halogens is 3. The Kier molecular flexibility index (Phi) is 5.27. The summed E-state index contributed by atoms with van der Waals surface area (Å²) in [5.74, 6) is 0. The number of sulfonamides is 1. The lowest BCUT2D eigenvalue weighted by atomic mass is 10.2. The maximum atomic E-state index is 12.7. The molecule has 24 heavy (non-hydrogen) atoms. The van der Waals surface area contributed by atoms with E-state index in [4.69, 9.17) is 34.8 Å². The van der Waals surface area contributed by atoms with E-state index >= 15 is 0 Å². The summed E-state index contributed by atoms with van der Waals surface area (Å²) in [5.41, 5.74) is 0.818. The van der Waals surface area contributed by atoms with E-state index in [9.17, 15) is 8.42 Å². The van der Waals surface area contributed by atoms with Crippen molar-refractivity contribution in [3.63, 3.8) is 0 Å². The minimum absolute atomic E-state index is 0.140. The molecule has 3 rings (SSSR count). The van der Waals surface area contributed by atoms with Crippen molar-refractivity contribution in [2.45, 2.75) is 4.90 Å². The lowest BCUT2D eigenvalue weighted by molar-refractivity contribution is 0.385. The topological polar surface area (TPSA) is 40.6 Å². The third-order valence-electron chi connectivity index (χ3n) is 3.97. The van der Waals surface area contributed by atoms with Crippen LogP contribution in [0.15, 0.2) is 47.4 Å². The van der Waals surface area contributed by atoms with Gasteiger partial charge in [0.1, 0.15) is 4.90 Å². The molecule has 0 aliphatic carbocycles. The molecule has 0 N–H and O–H groups in total. The Balaban J connectivity index is 1.78. The van der Waals surface area contributed by atoms with Crippen LogP contribution in [0.25, 0.3) is 0 Å². The van der Waals surface area contributed by atoms with Crippen molar-refractivity contribution in [3.05, 3.63) is 57.5 Å². The quantitative estimate of drug-likeness (QED) is 0.770. The van der Waals surface area contributed by atoms with Crippen LogP contribution in [0.2, 0.25) is 15.1 Å². The van der Waals surface area contributed by atoms with E-state index in [1.54, 1.807) is 24.3 Å². The monoisotopic (exact) mass is 404 g/mol. The second-order valence-corrected chi connectivity index (χ2v) is 8.49. The normalized spacial score (nSPS) is 16.4. The first-order valence-electron chi connectivity index (χ1n) is 7.35. The fraction of sp³-hybridized carbons (Fsp3) is 0.250. The number of hydrogen-bond donors (Lipinski definition) is 0. The molecule has 1 heterocycles. The summed E-state index contributed by atoms with van der Waals surface area (Å²) in [6, 6.07) is 11.9. The van der Waals surface area contributed by atoms with Gasteiger partial charge in [0, 0.05) is 26.2 Å². The lowest BCUT2D eigenvalue weighted by Crippen LogP contribution is -2.48. The third kappa shape index (κ3) is 3.37. The fourth-order valence-corrected chi connectivity index (χ4v) is 5.03. The van der Waals surface area contributed by atoms with Gasteiger partial charge >= 0.3 is 0 Å². The standard InChI is InChI=1S/C16H15Cl3N2O2S/c17-12-4-1-2-7-15(12)24(22,23)21-10-8-20(9-11-21)14-6-3-5-13(18)16(14)19/h1-7H,8-11H2. The SMILES string of the molecule is O=S(=O)(c1ccccc1Cl)N1CCN(c2cccc(Cl)c2Cl)CC1. The van der Waals surface area contributed by atoms with Crippen molar-refractivity contribution in [1.82, 2.24) is 4.31 Å². The highest BCUT2D eigenvalue weighted by molar-refractivity contribution is 7.89. The molecule has 128 valence electrons. The molecule has 2 aromatic carbocycles. The van der Waals surface area contributed by atoms with Crippen LogP contribution < -0.4 is 4.90 Å². The first-order chi connectivity index (χ1) is 11.4. The van der Waals surface area contributed by atoms with Crippen LogP contribution in [0.4, 0.5) is 5.69 Å². The zero-order valence-electron chi connectivity index (χ0n) is 12.6. The molecule has 8 heteroatoms. The van der Waals surface area contributed by atoms with Gasteiger partial charge in [-0.3, -0.25) is 0 Å². The molecule has 4 nitrogen and oxygen atoms in total. The number of anilines is 1. The summed E-state index contributed by atoms with van der Waals surface area (Å²) in [6.07, 6.45) is 0. The molecule has 1 saturated heterocycles. The number of nitrogens with zero attached hydrogens (tertiary/aromatic N) is 2. The third-order valence-corrected chi connectivity index (χ3v) is 7.17. The molecule has 1 aliphatic rings. The van der Waals surface area contributed by atoms with Gasteiger partial charge in [0.25, 0.3) is 0 Å². The highest BCUT2D eigenvalue weighted by Crippen LogP contribution is 2.33. The van der Waals surface area contributed by atoms with Crippen molar-refractivity contribution < 1.29 is 8.42 Å².